The lowest BCUT2D eigenvalue weighted by Gasteiger charge is -2.33. The predicted octanol–water partition coefficient (Wildman–Crippen LogP) is 2.06. The second kappa shape index (κ2) is 23.3. The average Bonchev–Trinajstić information content (AvgIpc) is 3.72. The molecule has 0 spiro atoms. The molecule has 4 aromatic rings. The number of carboxylic acids is 4. The third-order valence-corrected chi connectivity index (χ3v) is 11.4. The maximum absolute atomic E-state index is 12.5. The van der Waals surface area contributed by atoms with Gasteiger partial charge in [0.05, 0.1) is 18.2 Å². The minimum atomic E-state index is -1.30. The van der Waals surface area contributed by atoms with E-state index < -0.39 is 47.3 Å². The van der Waals surface area contributed by atoms with E-state index in [1.54, 1.807) is 54.9 Å². The van der Waals surface area contributed by atoms with Crippen LogP contribution in [0.4, 0.5) is 34.8 Å². The lowest BCUT2D eigenvalue weighted by Crippen LogP contribution is -2.42. The number of amides is 2. The number of ketones is 1. The summed E-state index contributed by atoms with van der Waals surface area (Å²) in [4.78, 5) is 122. The number of nitrogens with two attached hydrogens (primary N) is 2. The Balaban J connectivity index is 0.000000292. The van der Waals surface area contributed by atoms with E-state index in [0.717, 1.165) is 11.3 Å². The molecule has 0 bridgehead atoms. The van der Waals surface area contributed by atoms with Crippen molar-refractivity contribution < 1.29 is 58.6 Å². The molecule has 0 radical (unpaired) electrons. The Hall–Kier alpha value is -8.44. The standard InChI is InChI=1S/C23H26N4O7.C20H21N7O6.2CH4/c24-23-25-17-9-8-16(27(12-28)20(17)21(32)26-23)7-3-13-1-4-14(5-2-13)18(29)11-15(22(33)34)6-10-19(30)31;21-20-24-16-15(18(31)25-20)27-9-26(8-12(27)7-22-16)11-3-1-10(2-4-11)17(30)23-13(19(32)33)5-6-14(28)29;;/h1-2,4-5,12,15-16H,3,6-11H2,(H,30,31)(H,33,34)(H3,24,25,26,32);1-4,9,12-13H,5-8H2,(H6-,21,22,23,24,25,28,29,30,31,32,33);2*1H4/p+1/t15-,16+;12-,13?;;/m11../s1. The molecule has 12 N–H and O–H groups in total. The summed E-state index contributed by atoms with van der Waals surface area (Å²) in [5.41, 5.74) is 13.8. The number of aromatic amines is 2. The first kappa shape index (κ1) is 53.2. The van der Waals surface area contributed by atoms with Crippen LogP contribution in [0.1, 0.15) is 91.8 Å². The molecule has 368 valence electrons. The Labute approximate surface area is 394 Å². The van der Waals surface area contributed by atoms with E-state index >= 15 is 0 Å². The highest BCUT2D eigenvalue weighted by Crippen LogP contribution is 2.30. The fourth-order valence-corrected chi connectivity index (χ4v) is 7.98. The molecule has 0 aliphatic carbocycles. The molecule has 2 amide bonds. The molecule has 0 saturated carbocycles. The largest absolute Gasteiger partial charge is 0.481 e. The van der Waals surface area contributed by atoms with Crippen LogP contribution < -0.4 is 43.0 Å². The Kier molecular flexibility index (Phi) is 18.0. The first-order valence-corrected chi connectivity index (χ1v) is 21.0. The van der Waals surface area contributed by atoms with Gasteiger partial charge in [-0.1, -0.05) is 39.1 Å². The van der Waals surface area contributed by atoms with Gasteiger partial charge in [0.1, 0.15) is 24.0 Å². The van der Waals surface area contributed by atoms with Crippen LogP contribution in [0.2, 0.25) is 0 Å². The number of aliphatic carboxylic acids is 4. The zero-order valence-corrected chi connectivity index (χ0v) is 35.7. The summed E-state index contributed by atoms with van der Waals surface area (Å²) in [5, 5.41) is 41.4. The van der Waals surface area contributed by atoms with Gasteiger partial charge in [-0.25, -0.2) is 19.3 Å². The lowest BCUT2D eigenvalue weighted by atomic mass is 9.92. The number of Topliss-reactive ketones (excluding diaryl/α,β-unsaturated/α-hetero) is 1. The third kappa shape index (κ3) is 13.1. The number of carbonyl (C=O) groups is 7. The highest BCUT2D eigenvalue weighted by atomic mass is 16.4. The van der Waals surface area contributed by atoms with Crippen LogP contribution in [-0.4, -0.2) is 124 Å². The van der Waals surface area contributed by atoms with E-state index in [9.17, 15) is 53.4 Å². The number of nitrogen functional groups attached to an aromatic ring is 2. The van der Waals surface area contributed by atoms with Crippen molar-refractivity contribution in [2.75, 3.05) is 39.7 Å². The number of carbonyl (C=O) groups excluding carboxylic acids is 3. The van der Waals surface area contributed by atoms with Gasteiger partial charge in [0.15, 0.2) is 17.6 Å². The molecule has 3 aliphatic heterocycles. The number of aryl methyl sites for hydroxylation is 2. The van der Waals surface area contributed by atoms with Crippen LogP contribution in [0.15, 0.2) is 58.1 Å². The molecular formula is C45H56N11O13+. The number of carboxylic acid groups (broad SMARTS) is 4. The number of aromatic nitrogens is 4. The van der Waals surface area contributed by atoms with E-state index in [4.69, 9.17) is 21.7 Å². The number of nitrogens with one attached hydrogen (secondary N) is 4. The van der Waals surface area contributed by atoms with E-state index in [0.29, 0.717) is 67.9 Å². The molecule has 4 atom stereocenters. The van der Waals surface area contributed by atoms with E-state index in [-0.39, 0.29) is 93.5 Å². The molecular weight excluding hydrogens is 903 g/mol. The SMILES string of the molecule is C.C.Nc1nc2c(c(=O)[nH]1)N(C=O)[C@@H](CCc1ccc(C(=O)C[C@@H](CCC(=O)O)C(=O)O)cc1)CC2.Nc1nc2c(c(=O)[nH]1)[N+]1=CN(c3ccc(C(=O)NC(CCC(=O)O)C(=O)O)cc3)C[C@H]1CN2. The number of nitrogens with zero attached hydrogens (tertiary/aromatic N) is 5. The van der Waals surface area contributed by atoms with Crippen molar-refractivity contribution in [1.29, 1.82) is 0 Å². The minimum Gasteiger partial charge on any atom is -0.481 e. The number of hydrogen-bond donors (Lipinski definition) is 10. The van der Waals surface area contributed by atoms with Crippen LogP contribution in [0.3, 0.4) is 0 Å². The molecule has 69 heavy (non-hydrogen) atoms. The quantitative estimate of drug-likeness (QED) is 0.0387. The number of rotatable bonds is 18. The summed E-state index contributed by atoms with van der Waals surface area (Å²) >= 11 is 0. The molecule has 2 aromatic carbocycles. The normalized spacial score (nSPS) is 16.1. The van der Waals surface area contributed by atoms with Crippen molar-refractivity contribution in [1.82, 2.24) is 25.3 Å². The van der Waals surface area contributed by atoms with Crippen LogP contribution in [0.5, 0.6) is 0 Å². The Bertz CT molecular complexity index is 2720. The van der Waals surface area contributed by atoms with Crippen molar-refractivity contribution in [2.24, 2.45) is 5.92 Å². The number of fused-ring (bicyclic) bond motifs is 4. The molecule has 24 heteroatoms. The second-order valence-corrected chi connectivity index (χ2v) is 16.0. The predicted molar refractivity (Wildman–Crippen MR) is 252 cm³/mol. The number of anilines is 5. The van der Waals surface area contributed by atoms with Gasteiger partial charge < -0.3 is 47.4 Å². The Morgan fingerprint density at radius 2 is 1.46 bits per heavy atom. The summed E-state index contributed by atoms with van der Waals surface area (Å²) < 4.78 is 1.83. The zero-order chi connectivity index (χ0) is 48.5. The molecule has 2 aromatic heterocycles. The minimum absolute atomic E-state index is 0. The van der Waals surface area contributed by atoms with Crippen LogP contribution in [0.25, 0.3) is 0 Å². The smallest absolute Gasteiger partial charge is 0.326 e. The fraction of sp³-hybridized carbons (Fsp3) is 0.378. The number of hydrogen-bond acceptors (Lipinski definition) is 15. The molecule has 3 aliphatic rings. The molecule has 0 fully saturated rings. The fourth-order valence-electron chi connectivity index (χ4n) is 7.98. The summed E-state index contributed by atoms with van der Waals surface area (Å²) in [6, 6.07) is 11.7. The molecule has 0 saturated heterocycles. The van der Waals surface area contributed by atoms with Gasteiger partial charge in [0, 0.05) is 36.4 Å². The Morgan fingerprint density at radius 1 is 0.841 bits per heavy atom. The second-order valence-electron chi connectivity index (χ2n) is 16.0. The summed E-state index contributed by atoms with van der Waals surface area (Å²) in [7, 11) is 0. The number of H-pyrrole nitrogens is 2. The molecule has 24 nitrogen and oxygen atoms in total. The zero-order valence-electron chi connectivity index (χ0n) is 35.7. The van der Waals surface area contributed by atoms with Gasteiger partial charge in [-0.05, 0) is 68.4 Å². The van der Waals surface area contributed by atoms with E-state index in [2.05, 4.69) is 30.6 Å². The van der Waals surface area contributed by atoms with Crippen molar-refractivity contribution in [3.63, 3.8) is 0 Å². The molecule has 7 rings (SSSR count). The topological polar surface area (TPSA) is 377 Å². The van der Waals surface area contributed by atoms with Crippen LogP contribution in [-0.2, 0) is 36.8 Å². The lowest BCUT2D eigenvalue weighted by molar-refractivity contribution is -0.468. The third-order valence-electron chi connectivity index (χ3n) is 11.4. The van der Waals surface area contributed by atoms with Crippen molar-refractivity contribution >= 4 is 83.1 Å². The van der Waals surface area contributed by atoms with Gasteiger partial charge in [0.25, 0.3) is 11.5 Å². The van der Waals surface area contributed by atoms with Crippen molar-refractivity contribution in [2.45, 2.75) is 90.8 Å². The molecule has 5 heterocycles. The maximum Gasteiger partial charge on any atom is 0.326 e. The summed E-state index contributed by atoms with van der Waals surface area (Å²) in [6.45, 7) is 1.14. The van der Waals surface area contributed by atoms with Gasteiger partial charge >= 0.3 is 29.4 Å². The first-order chi connectivity index (χ1) is 31.9. The van der Waals surface area contributed by atoms with Gasteiger partial charge in [-0.3, -0.25) is 48.3 Å². The van der Waals surface area contributed by atoms with Gasteiger partial charge in [-0.15, -0.1) is 0 Å². The summed E-state index contributed by atoms with van der Waals surface area (Å²) in [5.74, 6) is -6.33. The Morgan fingerprint density at radius 3 is 2.09 bits per heavy atom. The van der Waals surface area contributed by atoms with E-state index in [1.165, 1.54) is 4.90 Å². The van der Waals surface area contributed by atoms with Crippen LogP contribution >= 0.6 is 0 Å². The molecule has 1 unspecified atom stereocenters. The number of benzene rings is 2. The monoisotopic (exact) mass is 958 g/mol. The van der Waals surface area contributed by atoms with Crippen LogP contribution in [0, 0.1) is 5.92 Å². The van der Waals surface area contributed by atoms with Gasteiger partial charge in [0.2, 0.25) is 30.3 Å². The van der Waals surface area contributed by atoms with E-state index in [1.807, 2.05) is 9.48 Å². The first-order valence-electron chi connectivity index (χ1n) is 21.0. The maximum atomic E-state index is 12.5. The average molecular weight is 959 g/mol. The highest BCUT2D eigenvalue weighted by Gasteiger charge is 2.39. The van der Waals surface area contributed by atoms with Crippen molar-refractivity contribution in [3.8, 4) is 0 Å². The summed E-state index contributed by atoms with van der Waals surface area (Å²) in [6.07, 6.45) is 3.46. The van der Waals surface area contributed by atoms with Gasteiger partial charge in [-0.2, -0.15) is 4.98 Å². The van der Waals surface area contributed by atoms with Crippen molar-refractivity contribution in [3.05, 3.63) is 91.6 Å². The highest BCUT2D eigenvalue weighted by molar-refractivity contribution is 5.98.